The van der Waals surface area contributed by atoms with Crippen LogP contribution < -0.4 is 21.7 Å². The van der Waals surface area contributed by atoms with Gasteiger partial charge in [0.25, 0.3) is 0 Å². The molecule has 1 fully saturated rings. The number of amides is 2. The minimum atomic E-state index is -0.359. The summed E-state index contributed by atoms with van der Waals surface area (Å²) in [6, 6.07) is 2.00. The molecule has 0 radical (unpaired) electrons. The van der Waals surface area contributed by atoms with Gasteiger partial charge in [-0.15, -0.1) is 0 Å². The van der Waals surface area contributed by atoms with E-state index < -0.39 is 0 Å². The van der Waals surface area contributed by atoms with Crippen molar-refractivity contribution in [2.75, 3.05) is 31.5 Å². The highest BCUT2D eigenvalue weighted by Crippen LogP contribution is 2.16. The molecule has 0 bridgehead atoms. The summed E-state index contributed by atoms with van der Waals surface area (Å²) in [7, 11) is 0. The van der Waals surface area contributed by atoms with Gasteiger partial charge in [0.1, 0.15) is 5.82 Å². The number of rotatable bonds is 5. The maximum absolute atomic E-state index is 11.6. The largest absolute Gasteiger partial charge is 0.346 e. The third-order valence-corrected chi connectivity index (χ3v) is 2.68. The monoisotopic (exact) mass is 252 g/mol. The molecular formula is C10H16N6O2. The van der Waals surface area contributed by atoms with E-state index >= 15 is 0 Å². The molecule has 0 saturated carbocycles. The molecular weight excluding hydrogens is 236 g/mol. The number of nitrogens with zero attached hydrogens (tertiary/aromatic N) is 2. The Morgan fingerprint density at radius 2 is 2.28 bits per heavy atom. The van der Waals surface area contributed by atoms with Crippen LogP contribution in [0.4, 0.5) is 5.82 Å². The van der Waals surface area contributed by atoms with E-state index in [2.05, 4.69) is 21.0 Å². The van der Waals surface area contributed by atoms with Crippen LogP contribution in [-0.2, 0) is 9.59 Å². The van der Waals surface area contributed by atoms with Crippen LogP contribution >= 0.6 is 0 Å². The zero-order chi connectivity index (χ0) is 13.0. The molecule has 1 aromatic heterocycles. The zero-order valence-corrected chi connectivity index (χ0v) is 9.85. The SMILES string of the molecule is NCC(=O)NCC(=O)Nc1ccnn1C1CNC1. The Labute approximate surface area is 104 Å². The van der Waals surface area contributed by atoms with E-state index in [1.165, 1.54) is 0 Å². The Hall–Kier alpha value is -1.93. The molecule has 8 nitrogen and oxygen atoms in total. The normalized spacial score (nSPS) is 14.9. The van der Waals surface area contributed by atoms with Gasteiger partial charge in [-0.25, -0.2) is 4.68 Å². The van der Waals surface area contributed by atoms with Crippen LogP contribution in [0.5, 0.6) is 0 Å². The number of anilines is 1. The molecule has 18 heavy (non-hydrogen) atoms. The van der Waals surface area contributed by atoms with Gasteiger partial charge < -0.3 is 21.7 Å². The Kier molecular flexibility index (Phi) is 3.90. The average molecular weight is 252 g/mol. The maximum Gasteiger partial charge on any atom is 0.244 e. The maximum atomic E-state index is 11.6. The van der Waals surface area contributed by atoms with Crippen molar-refractivity contribution in [1.29, 1.82) is 0 Å². The average Bonchev–Trinajstić information content (AvgIpc) is 2.72. The lowest BCUT2D eigenvalue weighted by molar-refractivity contribution is -0.123. The van der Waals surface area contributed by atoms with Gasteiger partial charge in [-0.3, -0.25) is 9.59 Å². The highest BCUT2D eigenvalue weighted by molar-refractivity contribution is 5.94. The lowest BCUT2D eigenvalue weighted by atomic mass is 10.2. The number of carbonyl (C=O) groups excluding carboxylic acids is 2. The van der Waals surface area contributed by atoms with Crippen LogP contribution in [0, 0.1) is 0 Å². The van der Waals surface area contributed by atoms with Crippen molar-refractivity contribution in [2.24, 2.45) is 5.73 Å². The van der Waals surface area contributed by atoms with Crippen molar-refractivity contribution in [3.8, 4) is 0 Å². The summed E-state index contributed by atoms with van der Waals surface area (Å²) in [5.41, 5.74) is 5.12. The van der Waals surface area contributed by atoms with Crippen molar-refractivity contribution in [3.63, 3.8) is 0 Å². The lowest BCUT2D eigenvalue weighted by Gasteiger charge is -2.28. The molecule has 0 spiro atoms. The Balaban J connectivity index is 1.87. The van der Waals surface area contributed by atoms with Crippen LogP contribution in [0.1, 0.15) is 6.04 Å². The molecule has 1 aromatic rings. The summed E-state index contributed by atoms with van der Waals surface area (Å²) in [5.74, 6) is -0.0267. The third kappa shape index (κ3) is 2.84. The molecule has 1 aliphatic rings. The van der Waals surface area contributed by atoms with Crippen molar-refractivity contribution < 1.29 is 9.59 Å². The number of hydrogen-bond donors (Lipinski definition) is 4. The summed E-state index contributed by atoms with van der Waals surface area (Å²) < 4.78 is 1.76. The van der Waals surface area contributed by atoms with Gasteiger partial charge in [-0.2, -0.15) is 5.10 Å². The van der Waals surface area contributed by atoms with Crippen LogP contribution in [0.15, 0.2) is 12.3 Å². The van der Waals surface area contributed by atoms with Crippen molar-refractivity contribution in [1.82, 2.24) is 20.4 Å². The van der Waals surface area contributed by atoms with Crippen LogP contribution in [0.25, 0.3) is 0 Å². The van der Waals surface area contributed by atoms with Gasteiger partial charge in [0, 0.05) is 19.2 Å². The number of nitrogens with two attached hydrogens (primary N) is 1. The first kappa shape index (κ1) is 12.5. The van der Waals surface area contributed by atoms with Crippen molar-refractivity contribution in [3.05, 3.63) is 12.3 Å². The van der Waals surface area contributed by atoms with Crippen molar-refractivity contribution >= 4 is 17.6 Å². The number of nitrogens with one attached hydrogen (secondary N) is 3. The molecule has 2 amide bonds. The van der Waals surface area contributed by atoms with E-state index in [0.717, 1.165) is 13.1 Å². The molecule has 1 saturated heterocycles. The summed E-state index contributed by atoms with van der Waals surface area (Å²) >= 11 is 0. The van der Waals surface area contributed by atoms with Gasteiger partial charge in [0.2, 0.25) is 11.8 Å². The van der Waals surface area contributed by atoms with E-state index in [4.69, 9.17) is 5.73 Å². The van der Waals surface area contributed by atoms with Crippen LogP contribution in [-0.4, -0.2) is 47.8 Å². The van der Waals surface area contributed by atoms with E-state index in [-0.39, 0.29) is 30.9 Å². The van der Waals surface area contributed by atoms with Gasteiger partial charge >= 0.3 is 0 Å². The smallest absolute Gasteiger partial charge is 0.244 e. The molecule has 2 heterocycles. The molecule has 98 valence electrons. The fourth-order valence-corrected chi connectivity index (χ4v) is 1.59. The summed E-state index contributed by atoms with van der Waals surface area (Å²) in [5, 5.41) is 12.4. The standard InChI is InChI=1S/C10H16N6O2/c11-3-9(17)13-6-10(18)15-8-1-2-14-16(8)7-4-12-5-7/h1-2,7,12H,3-6,11H2,(H,13,17)(H,15,18). The Morgan fingerprint density at radius 1 is 1.50 bits per heavy atom. The Bertz CT molecular complexity index is 439. The molecule has 0 atom stereocenters. The molecule has 0 aliphatic carbocycles. The summed E-state index contributed by atoms with van der Waals surface area (Å²) in [6.45, 7) is 1.46. The predicted molar refractivity (Wildman–Crippen MR) is 64.8 cm³/mol. The fraction of sp³-hybridized carbons (Fsp3) is 0.500. The molecule has 2 rings (SSSR count). The first-order valence-corrected chi connectivity index (χ1v) is 5.71. The first-order chi connectivity index (χ1) is 8.70. The molecule has 0 unspecified atom stereocenters. The van der Waals surface area contributed by atoms with E-state index in [1.807, 2.05) is 0 Å². The summed E-state index contributed by atoms with van der Waals surface area (Å²) in [6.07, 6.45) is 1.63. The second-order valence-corrected chi connectivity index (χ2v) is 4.00. The molecule has 5 N–H and O–H groups in total. The van der Waals surface area contributed by atoms with Gasteiger partial charge in [0.15, 0.2) is 0 Å². The van der Waals surface area contributed by atoms with Gasteiger partial charge in [0.05, 0.1) is 25.3 Å². The van der Waals surface area contributed by atoms with Crippen LogP contribution in [0.2, 0.25) is 0 Å². The minimum Gasteiger partial charge on any atom is -0.346 e. The number of aromatic nitrogens is 2. The highest BCUT2D eigenvalue weighted by Gasteiger charge is 2.22. The lowest BCUT2D eigenvalue weighted by Crippen LogP contribution is -2.44. The molecule has 1 aliphatic heterocycles. The van der Waals surface area contributed by atoms with E-state index in [1.54, 1.807) is 16.9 Å². The zero-order valence-electron chi connectivity index (χ0n) is 9.85. The molecule has 8 heteroatoms. The van der Waals surface area contributed by atoms with E-state index in [0.29, 0.717) is 5.82 Å². The minimum absolute atomic E-state index is 0.0931. The first-order valence-electron chi connectivity index (χ1n) is 5.71. The Morgan fingerprint density at radius 3 is 2.89 bits per heavy atom. The quantitative estimate of drug-likeness (QED) is 0.486. The molecule has 0 aromatic carbocycles. The highest BCUT2D eigenvalue weighted by atomic mass is 16.2. The second-order valence-electron chi connectivity index (χ2n) is 4.00. The van der Waals surface area contributed by atoms with Crippen LogP contribution in [0.3, 0.4) is 0 Å². The number of hydrogen-bond acceptors (Lipinski definition) is 5. The second kappa shape index (κ2) is 5.61. The van der Waals surface area contributed by atoms with Gasteiger partial charge in [-0.1, -0.05) is 0 Å². The third-order valence-electron chi connectivity index (χ3n) is 2.68. The van der Waals surface area contributed by atoms with E-state index in [9.17, 15) is 9.59 Å². The predicted octanol–water partition coefficient (Wildman–Crippen LogP) is -1.96. The van der Waals surface area contributed by atoms with Gasteiger partial charge in [-0.05, 0) is 0 Å². The number of carbonyl (C=O) groups is 2. The fourth-order valence-electron chi connectivity index (χ4n) is 1.59. The topological polar surface area (TPSA) is 114 Å². The summed E-state index contributed by atoms with van der Waals surface area (Å²) in [4.78, 5) is 22.5. The van der Waals surface area contributed by atoms with Crippen molar-refractivity contribution in [2.45, 2.75) is 6.04 Å².